The predicted molar refractivity (Wildman–Crippen MR) is 88.5 cm³/mol. The molecular weight excluding hydrogens is 331 g/mol. The minimum Gasteiger partial charge on any atom is -0.506 e. The average molecular weight is 346 g/mol. The summed E-state index contributed by atoms with van der Waals surface area (Å²) >= 11 is 0. The highest BCUT2D eigenvalue weighted by molar-refractivity contribution is 7.89. The van der Waals surface area contributed by atoms with Gasteiger partial charge in [0.05, 0.1) is 4.90 Å². The highest BCUT2D eigenvalue weighted by Gasteiger charge is 2.25. The van der Waals surface area contributed by atoms with E-state index >= 15 is 0 Å². The SMILES string of the molecule is CN(Cc1ccccc1F)S(=O)(=O)c1ccc(O)c2ncccc12. The molecule has 0 aliphatic rings. The number of benzene rings is 2. The predicted octanol–water partition coefficient (Wildman–Crippen LogP) is 2.90. The van der Waals surface area contributed by atoms with Crippen molar-refractivity contribution in [3.63, 3.8) is 0 Å². The van der Waals surface area contributed by atoms with E-state index in [1.165, 1.54) is 37.5 Å². The third-order valence-corrected chi connectivity index (χ3v) is 5.61. The topological polar surface area (TPSA) is 70.5 Å². The number of hydrogen-bond donors (Lipinski definition) is 1. The van der Waals surface area contributed by atoms with Crippen molar-refractivity contribution < 1.29 is 17.9 Å². The zero-order valence-electron chi connectivity index (χ0n) is 12.8. The van der Waals surface area contributed by atoms with Crippen LogP contribution in [-0.4, -0.2) is 29.9 Å². The number of hydrogen-bond acceptors (Lipinski definition) is 4. The Kier molecular flexibility index (Phi) is 4.21. The van der Waals surface area contributed by atoms with Gasteiger partial charge < -0.3 is 5.11 Å². The van der Waals surface area contributed by atoms with E-state index in [9.17, 15) is 17.9 Å². The first-order chi connectivity index (χ1) is 11.4. The molecule has 0 bridgehead atoms. The monoisotopic (exact) mass is 346 g/mol. The van der Waals surface area contributed by atoms with Gasteiger partial charge in [0.2, 0.25) is 10.0 Å². The summed E-state index contributed by atoms with van der Waals surface area (Å²) in [7, 11) is -2.50. The molecule has 3 rings (SSSR count). The first kappa shape index (κ1) is 16.4. The van der Waals surface area contributed by atoms with Crippen molar-refractivity contribution in [2.75, 3.05) is 7.05 Å². The zero-order valence-corrected chi connectivity index (χ0v) is 13.7. The molecule has 1 N–H and O–H groups in total. The third kappa shape index (κ3) is 2.83. The van der Waals surface area contributed by atoms with E-state index < -0.39 is 15.8 Å². The van der Waals surface area contributed by atoms with Crippen LogP contribution in [0.4, 0.5) is 4.39 Å². The molecule has 0 saturated carbocycles. The van der Waals surface area contributed by atoms with Gasteiger partial charge in [-0.25, -0.2) is 12.8 Å². The lowest BCUT2D eigenvalue weighted by atomic mass is 10.2. The second kappa shape index (κ2) is 6.18. The molecule has 3 aromatic rings. The van der Waals surface area contributed by atoms with Crippen molar-refractivity contribution in [3.05, 3.63) is 66.1 Å². The lowest BCUT2D eigenvalue weighted by Crippen LogP contribution is -2.27. The van der Waals surface area contributed by atoms with Crippen LogP contribution in [0.15, 0.2) is 59.6 Å². The minimum absolute atomic E-state index is 0.0160. The van der Waals surface area contributed by atoms with E-state index in [0.29, 0.717) is 5.39 Å². The zero-order chi connectivity index (χ0) is 17.3. The van der Waals surface area contributed by atoms with Gasteiger partial charge in [0.15, 0.2) is 0 Å². The molecule has 124 valence electrons. The second-order valence-corrected chi connectivity index (χ2v) is 7.35. The summed E-state index contributed by atoms with van der Waals surface area (Å²) in [4.78, 5) is 4.04. The van der Waals surface area contributed by atoms with Crippen molar-refractivity contribution in [1.82, 2.24) is 9.29 Å². The Morgan fingerprint density at radius 3 is 2.62 bits per heavy atom. The number of halogens is 1. The molecular formula is C17H15FN2O3S. The molecule has 0 radical (unpaired) electrons. The van der Waals surface area contributed by atoms with Crippen molar-refractivity contribution in [2.45, 2.75) is 11.4 Å². The summed E-state index contributed by atoms with van der Waals surface area (Å²) in [5.74, 6) is -0.557. The van der Waals surface area contributed by atoms with Crippen LogP contribution in [0, 0.1) is 5.82 Å². The molecule has 1 aromatic heterocycles. The summed E-state index contributed by atoms with van der Waals surface area (Å²) in [6, 6.07) is 11.8. The van der Waals surface area contributed by atoms with Crippen LogP contribution in [0.5, 0.6) is 5.75 Å². The van der Waals surface area contributed by atoms with E-state index in [0.717, 1.165) is 4.31 Å². The normalized spacial score (nSPS) is 12.0. The van der Waals surface area contributed by atoms with E-state index in [1.807, 2.05) is 0 Å². The number of nitrogens with zero attached hydrogens (tertiary/aromatic N) is 2. The number of aromatic hydroxyl groups is 1. The highest BCUT2D eigenvalue weighted by atomic mass is 32.2. The smallest absolute Gasteiger partial charge is 0.243 e. The van der Waals surface area contributed by atoms with E-state index in [-0.39, 0.29) is 28.3 Å². The largest absolute Gasteiger partial charge is 0.506 e. The molecule has 0 aliphatic heterocycles. The Balaban J connectivity index is 2.05. The fourth-order valence-corrected chi connectivity index (χ4v) is 3.80. The van der Waals surface area contributed by atoms with Crippen LogP contribution < -0.4 is 0 Å². The Hall–Kier alpha value is -2.51. The van der Waals surface area contributed by atoms with Crippen LogP contribution in [0.2, 0.25) is 0 Å². The highest BCUT2D eigenvalue weighted by Crippen LogP contribution is 2.30. The van der Waals surface area contributed by atoms with Crippen molar-refractivity contribution in [1.29, 1.82) is 0 Å². The van der Waals surface area contributed by atoms with Crippen LogP contribution in [0.3, 0.4) is 0 Å². The van der Waals surface area contributed by atoms with Crippen molar-refractivity contribution in [2.24, 2.45) is 0 Å². The number of phenolic OH excluding ortho intramolecular Hbond substituents is 1. The summed E-state index contributed by atoms with van der Waals surface area (Å²) in [6.07, 6.45) is 1.47. The summed E-state index contributed by atoms with van der Waals surface area (Å²) in [5.41, 5.74) is 0.489. The van der Waals surface area contributed by atoms with E-state index in [1.54, 1.807) is 24.3 Å². The third-order valence-electron chi connectivity index (χ3n) is 3.75. The van der Waals surface area contributed by atoms with Gasteiger partial charge in [0.25, 0.3) is 0 Å². The standard InChI is InChI=1S/C17H15FN2O3S/c1-20(11-12-5-2-3-7-14(12)18)24(22,23)16-9-8-15(21)17-13(16)6-4-10-19-17/h2-10,21H,11H2,1H3. The number of fused-ring (bicyclic) bond motifs is 1. The van der Waals surface area contributed by atoms with Gasteiger partial charge in [-0.05, 0) is 30.3 Å². The molecule has 7 heteroatoms. The summed E-state index contributed by atoms with van der Waals surface area (Å²) in [5, 5.41) is 10.2. The molecule has 0 unspecified atom stereocenters. The number of rotatable bonds is 4. The Labute approximate surface area is 139 Å². The van der Waals surface area contributed by atoms with Crippen LogP contribution in [0.25, 0.3) is 10.9 Å². The summed E-state index contributed by atoms with van der Waals surface area (Å²) in [6.45, 7) is -0.0996. The molecule has 24 heavy (non-hydrogen) atoms. The van der Waals surface area contributed by atoms with Crippen molar-refractivity contribution in [3.8, 4) is 5.75 Å². The molecule has 0 aliphatic carbocycles. The quantitative estimate of drug-likeness (QED) is 0.788. The fourth-order valence-electron chi connectivity index (χ4n) is 2.48. The van der Waals surface area contributed by atoms with Gasteiger partial charge in [-0.15, -0.1) is 0 Å². The number of aromatic nitrogens is 1. The molecule has 0 saturated heterocycles. The Bertz CT molecular complexity index is 1010. The molecule has 5 nitrogen and oxygen atoms in total. The van der Waals surface area contributed by atoms with Crippen molar-refractivity contribution >= 4 is 20.9 Å². The van der Waals surface area contributed by atoms with Gasteiger partial charge in [0.1, 0.15) is 17.1 Å². The molecule has 0 spiro atoms. The Morgan fingerprint density at radius 1 is 1.12 bits per heavy atom. The molecule has 0 fully saturated rings. The first-order valence-corrected chi connectivity index (χ1v) is 8.61. The van der Waals surface area contributed by atoms with Gasteiger partial charge >= 0.3 is 0 Å². The van der Waals surface area contributed by atoms with Crippen LogP contribution in [-0.2, 0) is 16.6 Å². The minimum atomic E-state index is -3.88. The molecule has 1 heterocycles. The van der Waals surface area contributed by atoms with Gasteiger partial charge in [-0.2, -0.15) is 4.31 Å². The first-order valence-electron chi connectivity index (χ1n) is 7.17. The van der Waals surface area contributed by atoms with Gasteiger partial charge in [0, 0.05) is 30.7 Å². The number of phenols is 1. The Morgan fingerprint density at radius 2 is 1.88 bits per heavy atom. The van der Waals surface area contributed by atoms with Gasteiger partial charge in [-0.1, -0.05) is 18.2 Å². The van der Waals surface area contributed by atoms with E-state index in [4.69, 9.17) is 0 Å². The molecule has 0 amide bonds. The lowest BCUT2D eigenvalue weighted by molar-refractivity contribution is 0.456. The van der Waals surface area contributed by atoms with Gasteiger partial charge in [-0.3, -0.25) is 4.98 Å². The average Bonchev–Trinajstić information content (AvgIpc) is 2.57. The fraction of sp³-hybridized carbons (Fsp3) is 0.118. The second-order valence-electron chi connectivity index (χ2n) is 5.33. The maximum absolute atomic E-state index is 13.8. The molecule has 0 atom stereocenters. The van der Waals surface area contributed by atoms with Crippen LogP contribution in [0.1, 0.15) is 5.56 Å². The number of sulfonamides is 1. The summed E-state index contributed by atoms with van der Waals surface area (Å²) < 4.78 is 40.6. The maximum atomic E-state index is 13.8. The number of pyridine rings is 1. The lowest BCUT2D eigenvalue weighted by Gasteiger charge is -2.19. The van der Waals surface area contributed by atoms with Crippen LogP contribution >= 0.6 is 0 Å². The van der Waals surface area contributed by atoms with E-state index in [2.05, 4.69) is 4.98 Å². The molecule has 2 aromatic carbocycles. The maximum Gasteiger partial charge on any atom is 0.243 e.